The average Bonchev–Trinajstić information content (AvgIpc) is 2.71. The lowest BCUT2D eigenvalue weighted by Gasteiger charge is -2.48. The minimum absolute atomic E-state index is 0.319. The Balaban J connectivity index is 1.83. The van der Waals surface area contributed by atoms with Gasteiger partial charge in [0.05, 0.1) is 20.8 Å². The summed E-state index contributed by atoms with van der Waals surface area (Å²) in [5, 5.41) is 0. The summed E-state index contributed by atoms with van der Waals surface area (Å²) in [6.45, 7) is 0.338. The first-order valence-corrected chi connectivity index (χ1v) is 8.39. The highest BCUT2D eigenvalue weighted by Crippen LogP contribution is 2.37. The maximum absolute atomic E-state index is 6.18. The third kappa shape index (κ3) is 3.66. The van der Waals surface area contributed by atoms with E-state index in [9.17, 15) is 0 Å². The van der Waals surface area contributed by atoms with Crippen molar-refractivity contribution >= 4 is 0 Å². The molecule has 6 atom stereocenters. The van der Waals surface area contributed by atoms with Crippen molar-refractivity contribution in [3.05, 3.63) is 23.8 Å². The molecule has 0 amide bonds. The fourth-order valence-electron chi connectivity index (χ4n) is 3.39. The summed E-state index contributed by atoms with van der Waals surface area (Å²) in [6.07, 6.45) is -2.61. The molecule has 0 saturated carbocycles. The van der Waals surface area contributed by atoms with Crippen LogP contribution in [0.5, 0.6) is 11.5 Å². The molecule has 2 aliphatic rings. The summed E-state index contributed by atoms with van der Waals surface area (Å²) in [4.78, 5) is 0. The smallest absolute Gasteiger partial charge is 0.186 e. The molecule has 0 radical (unpaired) electrons. The van der Waals surface area contributed by atoms with Gasteiger partial charge in [0.15, 0.2) is 12.6 Å². The second-order valence-corrected chi connectivity index (χ2v) is 6.09. The molecule has 3 rings (SSSR count). The lowest BCUT2D eigenvalue weighted by molar-refractivity contribution is -0.363. The van der Waals surface area contributed by atoms with Gasteiger partial charge in [-0.05, 0) is 12.1 Å². The summed E-state index contributed by atoms with van der Waals surface area (Å²) in [5.74, 6) is 1.32. The molecular formula is C18H26O8. The molecular weight excluding hydrogens is 344 g/mol. The predicted octanol–water partition coefficient (Wildman–Crippen LogP) is 1.52. The molecule has 0 N–H and O–H groups in total. The summed E-state index contributed by atoms with van der Waals surface area (Å²) in [6, 6.07) is 5.50. The second-order valence-electron chi connectivity index (χ2n) is 6.09. The SMILES string of the molecule is COc1cc(OC)cc([C@H]2OC[C@@H]3O[C@@H](OC)[C@@H](OC)[C@H](OC)[C@H]3O2)c1. The Morgan fingerprint density at radius 3 is 2.00 bits per heavy atom. The standard InChI is InChI=1S/C18H26O8/c1-19-11-6-10(7-12(8-11)20-2)17-24-9-13-14(26-17)15(21-3)16(22-4)18(23-5)25-13/h6-8,13-18H,9H2,1-5H3/t13-,14-,15+,16-,17-,18+/m0/s1. The number of fused-ring (bicyclic) bond motifs is 1. The van der Waals surface area contributed by atoms with Crippen molar-refractivity contribution in [3.8, 4) is 11.5 Å². The van der Waals surface area contributed by atoms with Crippen LogP contribution in [-0.2, 0) is 28.4 Å². The first kappa shape index (κ1) is 19.3. The zero-order chi connectivity index (χ0) is 18.7. The average molecular weight is 370 g/mol. The molecule has 26 heavy (non-hydrogen) atoms. The number of benzene rings is 1. The van der Waals surface area contributed by atoms with Crippen LogP contribution in [0.4, 0.5) is 0 Å². The Hall–Kier alpha value is -1.42. The monoisotopic (exact) mass is 370 g/mol. The van der Waals surface area contributed by atoms with E-state index < -0.39 is 18.7 Å². The lowest BCUT2D eigenvalue weighted by Crippen LogP contribution is -2.63. The van der Waals surface area contributed by atoms with Crippen LogP contribution in [0.15, 0.2) is 18.2 Å². The highest BCUT2D eigenvalue weighted by atomic mass is 16.8. The molecule has 146 valence electrons. The van der Waals surface area contributed by atoms with E-state index in [1.165, 1.54) is 0 Å². The summed E-state index contributed by atoms with van der Waals surface area (Å²) >= 11 is 0. The Morgan fingerprint density at radius 2 is 1.46 bits per heavy atom. The quantitative estimate of drug-likeness (QED) is 0.746. The molecule has 0 aliphatic carbocycles. The summed E-state index contributed by atoms with van der Waals surface area (Å²) in [5.41, 5.74) is 0.789. The Morgan fingerprint density at radius 1 is 0.808 bits per heavy atom. The number of rotatable bonds is 6. The number of ether oxygens (including phenoxy) is 8. The van der Waals surface area contributed by atoms with Crippen LogP contribution in [0.2, 0.25) is 0 Å². The maximum atomic E-state index is 6.18. The number of hydrogen-bond acceptors (Lipinski definition) is 8. The van der Waals surface area contributed by atoms with Crippen LogP contribution < -0.4 is 9.47 Å². The highest BCUT2D eigenvalue weighted by Gasteiger charge is 2.50. The van der Waals surface area contributed by atoms with Gasteiger partial charge < -0.3 is 37.9 Å². The molecule has 1 aromatic rings. The molecule has 2 aliphatic heterocycles. The Bertz CT molecular complexity index is 572. The van der Waals surface area contributed by atoms with Gasteiger partial charge in [-0.1, -0.05) is 0 Å². The van der Waals surface area contributed by atoms with E-state index in [-0.39, 0.29) is 18.3 Å². The van der Waals surface area contributed by atoms with Crippen LogP contribution in [0.25, 0.3) is 0 Å². The molecule has 8 heteroatoms. The molecule has 2 fully saturated rings. The van der Waals surface area contributed by atoms with Crippen LogP contribution >= 0.6 is 0 Å². The van der Waals surface area contributed by atoms with E-state index in [4.69, 9.17) is 37.9 Å². The Kier molecular flexibility index (Phi) is 6.33. The van der Waals surface area contributed by atoms with Gasteiger partial charge in [0, 0.05) is 33.0 Å². The van der Waals surface area contributed by atoms with Gasteiger partial charge in [0.1, 0.15) is 35.9 Å². The highest BCUT2D eigenvalue weighted by molar-refractivity contribution is 5.39. The third-order valence-electron chi connectivity index (χ3n) is 4.71. The number of hydrogen-bond donors (Lipinski definition) is 0. The normalized spacial score (nSPS) is 34.2. The maximum Gasteiger partial charge on any atom is 0.186 e. The van der Waals surface area contributed by atoms with Gasteiger partial charge >= 0.3 is 0 Å². The van der Waals surface area contributed by atoms with Crippen LogP contribution in [0.1, 0.15) is 11.9 Å². The van der Waals surface area contributed by atoms with E-state index >= 15 is 0 Å². The van der Waals surface area contributed by atoms with Gasteiger partial charge in [0.2, 0.25) is 0 Å². The van der Waals surface area contributed by atoms with Crippen molar-refractivity contribution < 1.29 is 37.9 Å². The summed E-state index contributed by atoms with van der Waals surface area (Å²) < 4.78 is 45.2. The molecule has 0 bridgehead atoms. The summed E-state index contributed by atoms with van der Waals surface area (Å²) in [7, 11) is 7.98. The van der Waals surface area contributed by atoms with Crippen molar-refractivity contribution in [3.63, 3.8) is 0 Å². The fourth-order valence-corrected chi connectivity index (χ4v) is 3.39. The predicted molar refractivity (Wildman–Crippen MR) is 90.4 cm³/mol. The van der Waals surface area contributed by atoms with Crippen molar-refractivity contribution in [1.82, 2.24) is 0 Å². The van der Waals surface area contributed by atoms with Gasteiger partial charge in [-0.2, -0.15) is 0 Å². The van der Waals surface area contributed by atoms with E-state index in [1.807, 2.05) is 12.1 Å². The van der Waals surface area contributed by atoms with Crippen LogP contribution in [-0.4, -0.2) is 72.9 Å². The van der Waals surface area contributed by atoms with Gasteiger partial charge in [-0.3, -0.25) is 0 Å². The van der Waals surface area contributed by atoms with E-state index in [1.54, 1.807) is 41.6 Å². The van der Waals surface area contributed by atoms with Crippen LogP contribution in [0, 0.1) is 0 Å². The van der Waals surface area contributed by atoms with Gasteiger partial charge in [-0.15, -0.1) is 0 Å². The molecule has 8 nitrogen and oxygen atoms in total. The largest absolute Gasteiger partial charge is 0.497 e. The van der Waals surface area contributed by atoms with Gasteiger partial charge in [-0.25, -0.2) is 0 Å². The van der Waals surface area contributed by atoms with Crippen molar-refractivity contribution in [2.45, 2.75) is 37.0 Å². The van der Waals surface area contributed by atoms with Crippen molar-refractivity contribution in [2.75, 3.05) is 42.2 Å². The fraction of sp³-hybridized carbons (Fsp3) is 0.667. The molecule has 1 aromatic carbocycles. The second kappa shape index (κ2) is 8.51. The first-order valence-electron chi connectivity index (χ1n) is 8.39. The van der Waals surface area contributed by atoms with E-state index in [2.05, 4.69) is 0 Å². The molecule has 2 heterocycles. The van der Waals surface area contributed by atoms with Crippen molar-refractivity contribution in [2.24, 2.45) is 0 Å². The minimum Gasteiger partial charge on any atom is -0.497 e. The molecule has 0 unspecified atom stereocenters. The molecule has 0 spiro atoms. The van der Waals surface area contributed by atoms with E-state index in [0.717, 1.165) is 5.56 Å². The van der Waals surface area contributed by atoms with Crippen LogP contribution in [0.3, 0.4) is 0 Å². The lowest BCUT2D eigenvalue weighted by atomic mass is 9.97. The Labute approximate surface area is 153 Å². The third-order valence-corrected chi connectivity index (χ3v) is 4.71. The van der Waals surface area contributed by atoms with E-state index in [0.29, 0.717) is 18.1 Å². The molecule has 2 saturated heterocycles. The molecule has 0 aromatic heterocycles. The zero-order valence-electron chi connectivity index (χ0n) is 15.7. The first-order chi connectivity index (χ1) is 12.6. The topological polar surface area (TPSA) is 73.8 Å². The minimum atomic E-state index is -0.599. The van der Waals surface area contributed by atoms with Gasteiger partial charge in [0.25, 0.3) is 0 Å². The zero-order valence-corrected chi connectivity index (χ0v) is 15.7. The number of methoxy groups -OCH3 is 5. The van der Waals surface area contributed by atoms with Crippen molar-refractivity contribution in [1.29, 1.82) is 0 Å².